The van der Waals surface area contributed by atoms with Gasteiger partial charge in [-0.25, -0.2) is 0 Å². The molecule has 1 aliphatic heterocycles. The van der Waals surface area contributed by atoms with Crippen LogP contribution < -0.4 is 15.8 Å². The van der Waals surface area contributed by atoms with Crippen molar-refractivity contribution in [1.29, 1.82) is 0 Å². The Morgan fingerprint density at radius 3 is 2.95 bits per heavy atom. The van der Waals surface area contributed by atoms with Crippen LogP contribution in [0.15, 0.2) is 18.2 Å². The number of carbonyl (C=O) groups excluding carboxylic acids is 1. The van der Waals surface area contributed by atoms with Gasteiger partial charge in [0.1, 0.15) is 12.4 Å². The van der Waals surface area contributed by atoms with Crippen LogP contribution in [0.5, 0.6) is 5.75 Å². The molecule has 21 heavy (non-hydrogen) atoms. The SMILES string of the molecule is NC(c1ccc2c(c1)C(=O)NCCO2)C1CC2CCC1C2. The largest absolute Gasteiger partial charge is 0.491 e. The van der Waals surface area contributed by atoms with E-state index in [2.05, 4.69) is 5.32 Å². The molecule has 0 spiro atoms. The summed E-state index contributed by atoms with van der Waals surface area (Å²) < 4.78 is 5.60. The van der Waals surface area contributed by atoms with Crippen molar-refractivity contribution in [2.75, 3.05) is 13.2 Å². The molecule has 1 heterocycles. The highest BCUT2D eigenvalue weighted by Crippen LogP contribution is 2.52. The molecule has 4 rings (SSSR count). The van der Waals surface area contributed by atoms with Crippen molar-refractivity contribution in [2.45, 2.75) is 31.7 Å². The van der Waals surface area contributed by atoms with Crippen LogP contribution in [0.4, 0.5) is 0 Å². The molecule has 3 aliphatic rings. The molecule has 0 aromatic heterocycles. The number of hydrogen-bond donors (Lipinski definition) is 2. The van der Waals surface area contributed by atoms with Crippen molar-refractivity contribution in [2.24, 2.45) is 23.5 Å². The minimum atomic E-state index is -0.0514. The lowest BCUT2D eigenvalue weighted by Gasteiger charge is -2.28. The molecule has 4 heteroatoms. The van der Waals surface area contributed by atoms with Crippen molar-refractivity contribution in [1.82, 2.24) is 5.32 Å². The second-order valence-electron chi connectivity index (χ2n) is 6.72. The molecule has 2 saturated carbocycles. The first-order chi connectivity index (χ1) is 10.2. The average Bonchev–Trinajstić information content (AvgIpc) is 3.09. The smallest absolute Gasteiger partial charge is 0.255 e. The maximum Gasteiger partial charge on any atom is 0.255 e. The Morgan fingerprint density at radius 1 is 1.29 bits per heavy atom. The van der Waals surface area contributed by atoms with Crippen LogP contribution in [0.1, 0.15) is 47.6 Å². The molecule has 2 fully saturated rings. The van der Waals surface area contributed by atoms with Gasteiger partial charge >= 0.3 is 0 Å². The Balaban J connectivity index is 1.62. The van der Waals surface area contributed by atoms with Gasteiger partial charge in [-0.15, -0.1) is 0 Å². The Morgan fingerprint density at radius 2 is 2.19 bits per heavy atom. The molecular weight excluding hydrogens is 264 g/mol. The Kier molecular flexibility index (Phi) is 3.14. The van der Waals surface area contributed by atoms with E-state index in [-0.39, 0.29) is 11.9 Å². The molecular formula is C17H22N2O2. The van der Waals surface area contributed by atoms with Crippen molar-refractivity contribution in [3.05, 3.63) is 29.3 Å². The van der Waals surface area contributed by atoms with E-state index in [0.717, 1.165) is 17.4 Å². The van der Waals surface area contributed by atoms with Crippen LogP contribution >= 0.6 is 0 Å². The highest BCUT2D eigenvalue weighted by atomic mass is 16.5. The van der Waals surface area contributed by atoms with Gasteiger partial charge in [-0.1, -0.05) is 12.5 Å². The van der Waals surface area contributed by atoms with Gasteiger partial charge < -0.3 is 15.8 Å². The van der Waals surface area contributed by atoms with E-state index in [1.54, 1.807) is 0 Å². The van der Waals surface area contributed by atoms with E-state index >= 15 is 0 Å². The quantitative estimate of drug-likeness (QED) is 0.876. The zero-order valence-electron chi connectivity index (χ0n) is 12.2. The summed E-state index contributed by atoms with van der Waals surface area (Å²) in [6.45, 7) is 1.08. The fourth-order valence-corrected chi connectivity index (χ4v) is 4.46. The predicted octanol–water partition coefficient (Wildman–Crippen LogP) is 2.24. The highest BCUT2D eigenvalue weighted by Gasteiger charge is 2.42. The summed E-state index contributed by atoms with van der Waals surface area (Å²) in [5, 5.41) is 2.86. The third-order valence-electron chi connectivity index (χ3n) is 5.53. The van der Waals surface area contributed by atoms with Crippen LogP contribution in [0.25, 0.3) is 0 Å². The van der Waals surface area contributed by atoms with Crippen molar-refractivity contribution in [3.63, 3.8) is 0 Å². The minimum Gasteiger partial charge on any atom is -0.491 e. The summed E-state index contributed by atoms with van der Waals surface area (Å²) in [6, 6.07) is 5.92. The lowest BCUT2D eigenvalue weighted by molar-refractivity contribution is 0.0957. The molecule has 4 nitrogen and oxygen atoms in total. The first kappa shape index (κ1) is 13.1. The number of rotatable bonds is 2. The average molecular weight is 286 g/mol. The molecule has 4 unspecified atom stereocenters. The minimum absolute atomic E-state index is 0.0432. The van der Waals surface area contributed by atoms with Gasteiger partial charge in [-0.05, 0) is 54.7 Å². The lowest BCUT2D eigenvalue weighted by Crippen LogP contribution is -2.27. The maximum atomic E-state index is 12.1. The molecule has 0 radical (unpaired) electrons. The topological polar surface area (TPSA) is 64.4 Å². The second-order valence-corrected chi connectivity index (χ2v) is 6.72. The summed E-state index contributed by atoms with van der Waals surface area (Å²) in [5.74, 6) is 2.88. The summed E-state index contributed by atoms with van der Waals surface area (Å²) in [7, 11) is 0. The van der Waals surface area contributed by atoms with E-state index in [1.165, 1.54) is 25.7 Å². The summed E-state index contributed by atoms with van der Waals surface area (Å²) in [5.41, 5.74) is 8.24. The van der Waals surface area contributed by atoms with E-state index in [1.807, 2.05) is 18.2 Å². The number of carbonyl (C=O) groups is 1. The first-order valence-electron chi connectivity index (χ1n) is 8.03. The molecule has 1 amide bonds. The zero-order chi connectivity index (χ0) is 14.4. The van der Waals surface area contributed by atoms with Crippen LogP contribution in [0.3, 0.4) is 0 Å². The van der Waals surface area contributed by atoms with E-state index in [9.17, 15) is 4.79 Å². The molecule has 2 bridgehead atoms. The molecule has 1 aromatic rings. The zero-order valence-corrected chi connectivity index (χ0v) is 12.2. The van der Waals surface area contributed by atoms with E-state index in [4.69, 9.17) is 10.5 Å². The Labute approximate surface area is 125 Å². The van der Waals surface area contributed by atoms with Gasteiger partial charge in [-0.2, -0.15) is 0 Å². The van der Waals surface area contributed by atoms with Crippen molar-refractivity contribution < 1.29 is 9.53 Å². The predicted molar refractivity (Wildman–Crippen MR) is 80.1 cm³/mol. The van der Waals surface area contributed by atoms with Crippen molar-refractivity contribution >= 4 is 5.91 Å². The van der Waals surface area contributed by atoms with Gasteiger partial charge in [0.2, 0.25) is 0 Å². The fourth-order valence-electron chi connectivity index (χ4n) is 4.46. The number of amides is 1. The highest BCUT2D eigenvalue weighted by molar-refractivity contribution is 5.97. The van der Waals surface area contributed by atoms with E-state index in [0.29, 0.717) is 30.4 Å². The fraction of sp³-hybridized carbons (Fsp3) is 0.588. The van der Waals surface area contributed by atoms with Crippen LogP contribution in [-0.2, 0) is 0 Å². The number of benzene rings is 1. The summed E-state index contributed by atoms with van der Waals surface area (Å²) in [6.07, 6.45) is 5.32. The molecule has 0 saturated heterocycles. The molecule has 1 aromatic carbocycles. The second kappa shape index (κ2) is 5.02. The van der Waals surface area contributed by atoms with Gasteiger partial charge in [0.05, 0.1) is 12.1 Å². The molecule has 2 aliphatic carbocycles. The molecule has 4 atom stereocenters. The lowest BCUT2D eigenvalue weighted by atomic mass is 9.80. The van der Waals surface area contributed by atoms with Gasteiger partial charge in [0, 0.05) is 6.04 Å². The number of ether oxygens (including phenoxy) is 1. The number of hydrogen-bond acceptors (Lipinski definition) is 3. The Bertz CT molecular complexity index is 572. The number of nitrogens with two attached hydrogens (primary N) is 1. The third-order valence-corrected chi connectivity index (χ3v) is 5.53. The number of fused-ring (bicyclic) bond motifs is 3. The van der Waals surface area contributed by atoms with Gasteiger partial charge in [0.15, 0.2) is 0 Å². The van der Waals surface area contributed by atoms with Crippen molar-refractivity contribution in [3.8, 4) is 5.75 Å². The maximum absolute atomic E-state index is 12.1. The molecule has 3 N–H and O–H groups in total. The normalized spacial score (nSPS) is 32.0. The standard InChI is InChI=1S/C17H22N2O2/c18-16(13-8-10-1-2-11(13)7-10)12-3-4-15-14(9-12)17(20)19-5-6-21-15/h3-4,9-11,13,16H,1-2,5-8,18H2,(H,19,20). The number of nitrogens with one attached hydrogen (secondary N) is 1. The summed E-state index contributed by atoms with van der Waals surface area (Å²) in [4.78, 5) is 12.1. The van der Waals surface area contributed by atoms with Crippen LogP contribution in [-0.4, -0.2) is 19.1 Å². The van der Waals surface area contributed by atoms with Crippen LogP contribution in [0.2, 0.25) is 0 Å². The van der Waals surface area contributed by atoms with Gasteiger partial charge in [-0.3, -0.25) is 4.79 Å². The van der Waals surface area contributed by atoms with Crippen LogP contribution in [0, 0.1) is 17.8 Å². The summed E-state index contributed by atoms with van der Waals surface area (Å²) >= 11 is 0. The monoisotopic (exact) mass is 286 g/mol. The van der Waals surface area contributed by atoms with E-state index < -0.39 is 0 Å². The third kappa shape index (κ3) is 2.22. The molecule has 112 valence electrons. The van der Waals surface area contributed by atoms with Gasteiger partial charge in [0.25, 0.3) is 5.91 Å². The Hall–Kier alpha value is -1.55. The first-order valence-corrected chi connectivity index (χ1v) is 8.03.